The van der Waals surface area contributed by atoms with E-state index < -0.39 is 9.84 Å². The molecule has 0 saturated carbocycles. The van der Waals surface area contributed by atoms with Gasteiger partial charge in [-0.05, 0) is 48.5 Å². The number of halogens is 1. The van der Waals surface area contributed by atoms with E-state index >= 15 is 0 Å². The fourth-order valence-corrected chi connectivity index (χ4v) is 4.04. The van der Waals surface area contributed by atoms with Gasteiger partial charge in [0.15, 0.2) is 15.6 Å². The zero-order valence-corrected chi connectivity index (χ0v) is 16.3. The van der Waals surface area contributed by atoms with Gasteiger partial charge in [0, 0.05) is 10.0 Å². The van der Waals surface area contributed by atoms with E-state index in [9.17, 15) is 8.42 Å². The molecule has 4 aromatic rings. The van der Waals surface area contributed by atoms with E-state index in [4.69, 9.17) is 8.94 Å². The maximum absolute atomic E-state index is 12.4. The van der Waals surface area contributed by atoms with Crippen LogP contribution in [0.5, 0.6) is 0 Å². The molecule has 0 unspecified atom stereocenters. The first kappa shape index (κ1) is 17.7. The summed E-state index contributed by atoms with van der Waals surface area (Å²) in [6.07, 6.45) is 0. The van der Waals surface area contributed by atoms with E-state index in [1.165, 1.54) is 0 Å². The van der Waals surface area contributed by atoms with Crippen LogP contribution >= 0.6 is 15.9 Å². The lowest BCUT2D eigenvalue weighted by molar-refractivity contribution is 0.413. The third-order valence-corrected chi connectivity index (χ3v) is 6.02. The summed E-state index contributed by atoms with van der Waals surface area (Å²) >= 11 is 3.38. The molecule has 6 nitrogen and oxygen atoms in total. The second kappa shape index (κ2) is 7.13. The van der Waals surface area contributed by atoms with Gasteiger partial charge in [-0.1, -0.05) is 39.3 Å². The van der Waals surface area contributed by atoms with Crippen molar-refractivity contribution in [2.45, 2.75) is 10.6 Å². The molecule has 0 bridgehead atoms. The Morgan fingerprint density at radius 2 is 1.67 bits per heavy atom. The Morgan fingerprint density at radius 3 is 2.41 bits per heavy atom. The molecule has 0 aliphatic rings. The molecule has 0 fully saturated rings. The van der Waals surface area contributed by atoms with Crippen LogP contribution in [-0.2, 0) is 15.6 Å². The van der Waals surface area contributed by atoms with E-state index in [1.807, 2.05) is 24.3 Å². The van der Waals surface area contributed by atoms with Gasteiger partial charge in [0.25, 0.3) is 5.89 Å². The van der Waals surface area contributed by atoms with Gasteiger partial charge < -0.3 is 8.94 Å². The van der Waals surface area contributed by atoms with Crippen LogP contribution in [0.2, 0.25) is 0 Å². The van der Waals surface area contributed by atoms with E-state index in [2.05, 4.69) is 26.1 Å². The lowest BCUT2D eigenvalue weighted by Crippen LogP contribution is -2.03. The summed E-state index contributed by atoms with van der Waals surface area (Å²) in [7, 11) is -3.49. The van der Waals surface area contributed by atoms with Gasteiger partial charge in [-0.3, -0.25) is 0 Å². The Morgan fingerprint density at radius 1 is 0.926 bits per heavy atom. The Hall–Kier alpha value is -2.71. The Labute approximate surface area is 163 Å². The normalized spacial score (nSPS) is 11.6. The highest BCUT2D eigenvalue weighted by atomic mass is 79.9. The van der Waals surface area contributed by atoms with Crippen molar-refractivity contribution in [3.8, 4) is 23.0 Å². The van der Waals surface area contributed by atoms with Crippen molar-refractivity contribution in [2.75, 3.05) is 0 Å². The summed E-state index contributed by atoms with van der Waals surface area (Å²) in [6.45, 7) is 0. The summed E-state index contributed by atoms with van der Waals surface area (Å²) in [5.41, 5.74) is 0.798. The first-order valence-electron chi connectivity index (χ1n) is 7.98. The van der Waals surface area contributed by atoms with Gasteiger partial charge in [0.05, 0.1) is 4.90 Å². The van der Waals surface area contributed by atoms with Crippen LogP contribution in [-0.4, -0.2) is 18.6 Å². The maximum atomic E-state index is 12.4. The maximum Gasteiger partial charge on any atom is 0.293 e. The molecule has 0 spiro atoms. The zero-order valence-electron chi connectivity index (χ0n) is 13.9. The van der Waals surface area contributed by atoms with Gasteiger partial charge in [-0.2, -0.15) is 4.98 Å². The summed E-state index contributed by atoms with van der Waals surface area (Å²) in [6, 6.07) is 18.9. The van der Waals surface area contributed by atoms with Crippen LogP contribution in [0.4, 0.5) is 0 Å². The molecule has 27 heavy (non-hydrogen) atoms. The van der Waals surface area contributed by atoms with Crippen molar-refractivity contribution in [3.05, 3.63) is 77.0 Å². The minimum absolute atomic E-state index is 0.191. The largest absolute Gasteiger partial charge is 0.455 e. The van der Waals surface area contributed by atoms with Crippen molar-refractivity contribution in [1.82, 2.24) is 10.1 Å². The van der Waals surface area contributed by atoms with Gasteiger partial charge in [0.2, 0.25) is 5.82 Å². The summed E-state index contributed by atoms with van der Waals surface area (Å²) in [5.74, 6) is 0.995. The monoisotopic (exact) mass is 444 g/mol. The minimum atomic E-state index is -3.49. The van der Waals surface area contributed by atoms with Crippen molar-refractivity contribution in [1.29, 1.82) is 0 Å². The first-order chi connectivity index (χ1) is 13.0. The smallest absolute Gasteiger partial charge is 0.293 e. The fourth-order valence-electron chi connectivity index (χ4n) is 2.51. The third kappa shape index (κ3) is 3.86. The van der Waals surface area contributed by atoms with Gasteiger partial charge in [0.1, 0.15) is 11.5 Å². The number of hydrogen-bond acceptors (Lipinski definition) is 6. The van der Waals surface area contributed by atoms with Crippen molar-refractivity contribution >= 4 is 25.8 Å². The summed E-state index contributed by atoms with van der Waals surface area (Å²) in [5, 5.41) is 3.94. The van der Waals surface area contributed by atoms with Crippen LogP contribution in [0.25, 0.3) is 23.0 Å². The second-order valence-electron chi connectivity index (χ2n) is 5.77. The Balaban J connectivity index is 1.56. The van der Waals surface area contributed by atoms with Crippen molar-refractivity contribution in [3.63, 3.8) is 0 Å². The third-order valence-electron chi connectivity index (χ3n) is 3.84. The van der Waals surface area contributed by atoms with E-state index in [0.29, 0.717) is 17.3 Å². The van der Waals surface area contributed by atoms with Crippen LogP contribution in [0, 0.1) is 0 Å². The van der Waals surface area contributed by atoms with Gasteiger partial charge in [-0.15, -0.1) is 0 Å². The number of benzene rings is 2. The van der Waals surface area contributed by atoms with Crippen LogP contribution in [0.15, 0.2) is 85.0 Å². The first-order valence-corrected chi connectivity index (χ1v) is 10.4. The van der Waals surface area contributed by atoms with Crippen LogP contribution in [0.1, 0.15) is 5.76 Å². The quantitative estimate of drug-likeness (QED) is 0.442. The predicted octanol–water partition coefficient (Wildman–Crippen LogP) is 4.73. The average Bonchev–Trinajstić information content (AvgIpc) is 3.32. The SMILES string of the molecule is O=S(=O)(Cc1ccc(-c2nc(-c3ccc(Br)cc3)no2)o1)c1ccccc1. The van der Waals surface area contributed by atoms with Crippen LogP contribution in [0.3, 0.4) is 0 Å². The zero-order chi connectivity index (χ0) is 18.9. The highest BCUT2D eigenvalue weighted by Crippen LogP contribution is 2.26. The molecule has 8 heteroatoms. The molecule has 0 N–H and O–H groups in total. The van der Waals surface area contributed by atoms with E-state index in [1.54, 1.807) is 42.5 Å². The Kier molecular flexibility index (Phi) is 4.67. The second-order valence-corrected chi connectivity index (χ2v) is 8.67. The molecule has 136 valence electrons. The molecular weight excluding hydrogens is 432 g/mol. The molecule has 0 saturated heterocycles. The van der Waals surface area contributed by atoms with E-state index in [0.717, 1.165) is 10.0 Å². The lowest BCUT2D eigenvalue weighted by atomic mass is 10.2. The molecule has 0 amide bonds. The van der Waals surface area contributed by atoms with Crippen LogP contribution < -0.4 is 0 Å². The molecule has 2 aromatic heterocycles. The molecule has 0 aliphatic carbocycles. The summed E-state index contributed by atoms with van der Waals surface area (Å²) in [4.78, 5) is 4.56. The number of nitrogens with zero attached hydrogens (tertiary/aromatic N) is 2. The highest BCUT2D eigenvalue weighted by molar-refractivity contribution is 9.10. The number of furan rings is 1. The fraction of sp³-hybridized carbons (Fsp3) is 0.0526. The molecular formula is C19H13BrN2O4S. The molecule has 0 radical (unpaired) electrons. The molecule has 0 atom stereocenters. The lowest BCUT2D eigenvalue weighted by Gasteiger charge is -2.01. The van der Waals surface area contributed by atoms with Gasteiger partial charge in [-0.25, -0.2) is 8.42 Å². The minimum Gasteiger partial charge on any atom is -0.455 e. The Bertz CT molecular complexity index is 1170. The predicted molar refractivity (Wildman–Crippen MR) is 102 cm³/mol. The number of aromatic nitrogens is 2. The van der Waals surface area contributed by atoms with E-state index in [-0.39, 0.29) is 16.5 Å². The van der Waals surface area contributed by atoms with Crippen molar-refractivity contribution in [2.24, 2.45) is 0 Å². The number of hydrogen-bond donors (Lipinski definition) is 0. The van der Waals surface area contributed by atoms with Gasteiger partial charge >= 0.3 is 0 Å². The number of rotatable bonds is 5. The molecule has 4 rings (SSSR count). The highest BCUT2D eigenvalue weighted by Gasteiger charge is 2.19. The topological polar surface area (TPSA) is 86.2 Å². The summed E-state index contributed by atoms with van der Waals surface area (Å²) < 4.78 is 36.7. The molecule has 0 aliphatic heterocycles. The molecule has 2 heterocycles. The number of sulfone groups is 1. The average molecular weight is 445 g/mol. The molecule has 2 aromatic carbocycles. The van der Waals surface area contributed by atoms with Crippen molar-refractivity contribution < 1.29 is 17.4 Å². The standard InChI is InChI=1S/C19H13BrN2O4S/c20-14-8-6-13(7-9-14)18-21-19(26-22-18)17-11-10-15(25-17)12-27(23,24)16-4-2-1-3-5-16/h1-11H,12H2.